The average molecular weight is 1090 g/mol. The highest BCUT2D eigenvalue weighted by atomic mass is 16.3. The summed E-state index contributed by atoms with van der Waals surface area (Å²) in [6, 6.07) is 26.4. The van der Waals surface area contributed by atoms with Gasteiger partial charge in [-0.3, -0.25) is 0 Å². The van der Waals surface area contributed by atoms with Crippen LogP contribution in [0.4, 0.5) is 0 Å². The second-order valence-electron chi connectivity index (χ2n) is 20.3. The fraction of sp³-hybridized carbons (Fsp3) is 0.131. The summed E-state index contributed by atoms with van der Waals surface area (Å²) >= 11 is 0. The number of aromatic nitrogens is 3. The molecule has 0 saturated heterocycles. The second-order valence-corrected chi connectivity index (χ2v) is 20.3. The first-order chi connectivity index (χ1) is 38.5. The Morgan fingerprint density at radius 2 is 0.778 bits per heavy atom. The normalized spacial score (nSPS) is 14.5. The number of aliphatic imine (C=N–C) groups is 2. The molecule has 1 atom stereocenters. The minimum Gasteiger partial charge on any atom is -0.507 e. The number of benzene rings is 8. The summed E-state index contributed by atoms with van der Waals surface area (Å²) in [7, 11) is 0. The van der Waals surface area contributed by atoms with Crippen LogP contribution >= 0.6 is 0 Å². The first-order valence-electron chi connectivity index (χ1n) is 25.1. The molecule has 0 fully saturated rings. The second kappa shape index (κ2) is 17.6. The number of amidine groups is 2. The molecule has 15 N–H and O–H groups in total. The Labute approximate surface area is 459 Å². The van der Waals surface area contributed by atoms with Crippen molar-refractivity contribution in [3.05, 3.63) is 157 Å². The molecule has 1 aromatic heterocycles. The lowest BCUT2D eigenvalue weighted by Crippen LogP contribution is -2.34. The summed E-state index contributed by atoms with van der Waals surface area (Å²) in [6.45, 7) is 8.61. The highest BCUT2D eigenvalue weighted by molar-refractivity contribution is 6.16. The monoisotopic (exact) mass is 1090 g/mol. The predicted octanol–water partition coefficient (Wildman–Crippen LogP) is 9.44. The van der Waals surface area contributed by atoms with E-state index in [4.69, 9.17) is 20.0 Å². The molecule has 8 aromatic carbocycles. The van der Waals surface area contributed by atoms with E-state index in [9.17, 15) is 71.5 Å². The lowest BCUT2D eigenvalue weighted by atomic mass is 9.70. The number of hydrogen-bond donors (Lipinski definition) is 15. The lowest BCUT2D eigenvalue weighted by Gasteiger charge is -2.31. The van der Waals surface area contributed by atoms with Crippen molar-refractivity contribution in [1.82, 2.24) is 20.3 Å². The van der Waals surface area contributed by atoms with Crippen LogP contribution in [-0.4, -0.2) is 98.1 Å². The van der Waals surface area contributed by atoms with Crippen molar-refractivity contribution >= 4 is 11.7 Å². The Hall–Kier alpha value is -10.9. The van der Waals surface area contributed by atoms with Crippen LogP contribution in [-0.2, 0) is 5.41 Å². The minimum atomic E-state index is -1.51. The van der Waals surface area contributed by atoms with Gasteiger partial charge in [-0.2, -0.15) is 0 Å². The zero-order valence-electron chi connectivity index (χ0n) is 43.7. The van der Waals surface area contributed by atoms with Gasteiger partial charge in [0.2, 0.25) is 11.5 Å². The molecule has 20 nitrogen and oxygen atoms in total. The molecular weight excluding hydrogens is 1040 g/mol. The van der Waals surface area contributed by atoms with E-state index in [0.717, 1.165) is 33.4 Å². The minimum absolute atomic E-state index is 0.100. The van der Waals surface area contributed by atoms with Crippen molar-refractivity contribution in [2.75, 3.05) is 0 Å². The Balaban J connectivity index is 1.12. The van der Waals surface area contributed by atoms with Crippen molar-refractivity contribution < 1.29 is 71.5 Å². The van der Waals surface area contributed by atoms with Crippen LogP contribution in [0, 0.1) is 41.5 Å². The first kappa shape index (κ1) is 50.9. The van der Waals surface area contributed by atoms with Crippen molar-refractivity contribution in [2.24, 2.45) is 9.98 Å². The third kappa shape index (κ3) is 6.85. The lowest BCUT2D eigenvalue weighted by molar-refractivity contribution is 0.345. The van der Waals surface area contributed by atoms with E-state index in [1.54, 1.807) is 12.1 Å². The van der Waals surface area contributed by atoms with Crippen molar-refractivity contribution in [2.45, 2.75) is 53.1 Å². The van der Waals surface area contributed by atoms with E-state index < -0.39 is 109 Å². The highest BCUT2D eigenvalue weighted by Gasteiger charge is 2.52. The van der Waals surface area contributed by atoms with Gasteiger partial charge < -0.3 is 76.8 Å². The maximum Gasteiger partial charge on any atom is 0.205 e. The molecule has 12 rings (SSSR count). The van der Waals surface area contributed by atoms with Gasteiger partial charge in [-0.05, 0) is 109 Å². The van der Waals surface area contributed by atoms with Gasteiger partial charge >= 0.3 is 0 Å². The van der Waals surface area contributed by atoms with Gasteiger partial charge in [0, 0.05) is 33.4 Å². The molecule has 20 heteroatoms. The number of nitrogens with zero attached hydrogens (tertiary/aromatic N) is 5. The average Bonchev–Trinajstić information content (AvgIpc) is 3.49. The van der Waals surface area contributed by atoms with Crippen LogP contribution in [0.5, 0.6) is 80.5 Å². The molecule has 0 saturated carbocycles. The molecular formula is C61H48N6O14. The number of phenolic OH excluding ortho intramolecular Hbond substituents is 14. The summed E-state index contributed by atoms with van der Waals surface area (Å²) in [5, 5.41) is 159. The molecule has 1 unspecified atom stereocenters. The molecule has 1 spiro atoms. The van der Waals surface area contributed by atoms with Crippen LogP contribution < -0.4 is 5.32 Å². The van der Waals surface area contributed by atoms with Crippen molar-refractivity contribution in [3.63, 3.8) is 0 Å². The number of aromatic hydroxyl groups is 14. The number of rotatable bonds is 6. The summed E-state index contributed by atoms with van der Waals surface area (Å²) in [4.78, 5) is 23.7. The maximum atomic E-state index is 11.6. The fourth-order valence-corrected chi connectivity index (χ4v) is 11.5. The zero-order valence-corrected chi connectivity index (χ0v) is 43.7. The van der Waals surface area contributed by atoms with Crippen LogP contribution in [0.3, 0.4) is 0 Å². The molecule has 406 valence electrons. The van der Waals surface area contributed by atoms with E-state index in [-0.39, 0.29) is 67.8 Å². The van der Waals surface area contributed by atoms with Gasteiger partial charge in [0.05, 0.1) is 16.5 Å². The molecule has 1 aliphatic heterocycles. The van der Waals surface area contributed by atoms with E-state index in [1.807, 2.05) is 72.8 Å². The summed E-state index contributed by atoms with van der Waals surface area (Å²) < 4.78 is 0. The van der Waals surface area contributed by atoms with Crippen LogP contribution in [0.25, 0.3) is 56.4 Å². The summed E-state index contributed by atoms with van der Waals surface area (Å²) in [5.41, 5.74) is 4.45. The molecule has 9 aromatic rings. The summed E-state index contributed by atoms with van der Waals surface area (Å²) in [5.74, 6) is -12.0. The third-order valence-electron chi connectivity index (χ3n) is 16.2. The Bertz CT molecular complexity index is 4170. The molecule has 81 heavy (non-hydrogen) atoms. The maximum absolute atomic E-state index is 11.6. The number of phenols is 14. The van der Waals surface area contributed by atoms with E-state index in [1.165, 1.54) is 41.5 Å². The van der Waals surface area contributed by atoms with Crippen LogP contribution in [0.15, 0.2) is 94.9 Å². The Morgan fingerprint density at radius 1 is 0.358 bits per heavy atom. The summed E-state index contributed by atoms with van der Waals surface area (Å²) in [6.07, 6.45) is -1.51. The topological polar surface area (TPSA) is 359 Å². The molecule has 2 heterocycles. The van der Waals surface area contributed by atoms with Gasteiger partial charge in [-0.15, -0.1) is 0 Å². The fourth-order valence-electron chi connectivity index (χ4n) is 11.5. The van der Waals surface area contributed by atoms with Gasteiger partial charge in [0.15, 0.2) is 87.0 Å². The van der Waals surface area contributed by atoms with Crippen molar-refractivity contribution in [3.8, 4) is 137 Å². The SMILES string of the molecule is Cc1c(O)c(O)c(C2=NC(c3ccc4c(c3)C3(c5ccccc5-c5ccccc53)c3cc(-c5nc(-c6c(C)c(O)c(O)c(O)c6O)nc(-c6c(O)c(C)c(C)c(O)c6O)n5)ccc3-4)=NC(c3c(O)c(C)c(C)c(O)c3O)N2)c(O)c1O. The molecule has 2 aliphatic carbocycles. The predicted molar refractivity (Wildman–Crippen MR) is 296 cm³/mol. The number of fused-ring (bicyclic) bond motifs is 10. The van der Waals surface area contributed by atoms with Crippen LogP contribution in [0.1, 0.15) is 78.5 Å². The molecule has 0 radical (unpaired) electrons. The zero-order chi connectivity index (χ0) is 57.7. The van der Waals surface area contributed by atoms with E-state index in [0.29, 0.717) is 22.3 Å². The van der Waals surface area contributed by atoms with Gasteiger partial charge in [-0.25, -0.2) is 24.9 Å². The quantitative estimate of drug-likeness (QED) is 0.0544. The number of nitrogens with one attached hydrogen (secondary N) is 1. The van der Waals surface area contributed by atoms with Gasteiger partial charge in [-0.1, -0.05) is 72.8 Å². The first-order valence-corrected chi connectivity index (χ1v) is 25.1. The van der Waals surface area contributed by atoms with E-state index >= 15 is 0 Å². The van der Waals surface area contributed by atoms with Gasteiger partial charge in [0.1, 0.15) is 28.5 Å². The third-order valence-corrected chi connectivity index (χ3v) is 16.2. The van der Waals surface area contributed by atoms with Gasteiger partial charge in [0.25, 0.3) is 0 Å². The van der Waals surface area contributed by atoms with Crippen LogP contribution in [0.2, 0.25) is 0 Å². The Morgan fingerprint density at radius 3 is 1.37 bits per heavy atom. The molecule has 0 bridgehead atoms. The standard InChI is InChI=1S/C61H48N6O14/c1-21-23(3)43(70)49(76)38(41(21)68)58-63-55(62-57(66-58)37-25(5)45(72)53(80)54(81)48(37)75)27-15-17-31-32-18-16-28(20-36(32)61(35(31)19-27)33-13-9-7-11-29(33)30-12-8-10-14-34(30)61)56-64-59(39-42(69)22(2)24(4)44(71)50(39)77)67-60(65-56)40-51(78)46(73)26(6)47(74)52(40)79/h7-20,59,68-81H,1-6H3,(H,64,65,67). The molecule has 3 aliphatic rings. The highest BCUT2D eigenvalue weighted by Crippen LogP contribution is 2.64. The smallest absolute Gasteiger partial charge is 0.205 e. The number of hydrogen-bond acceptors (Lipinski definition) is 20. The van der Waals surface area contributed by atoms with Crippen molar-refractivity contribution in [1.29, 1.82) is 0 Å². The Kier molecular flexibility index (Phi) is 11.0. The van der Waals surface area contributed by atoms with E-state index in [2.05, 4.69) is 10.3 Å². The largest absolute Gasteiger partial charge is 0.507 e. The molecule has 0 amide bonds.